The number of hydrogen-bond donors (Lipinski definition) is 1. The minimum atomic E-state index is -3.67. The molecule has 0 atom stereocenters. The molecule has 0 saturated carbocycles. The fraction of sp³-hybridized carbons (Fsp3) is 0.500. The van der Waals surface area contributed by atoms with E-state index < -0.39 is 10.1 Å². The van der Waals surface area contributed by atoms with Gasteiger partial charge in [-0.05, 0) is 13.0 Å². The fourth-order valence-electron chi connectivity index (χ4n) is 1.05. The number of pyridine rings is 1. The van der Waals surface area contributed by atoms with E-state index in [1.807, 2.05) is 0 Å². The Labute approximate surface area is 91.3 Å². The van der Waals surface area contributed by atoms with E-state index in [9.17, 15) is 8.42 Å². The molecule has 0 fully saturated rings. The summed E-state index contributed by atoms with van der Waals surface area (Å²) >= 11 is 0. The van der Waals surface area contributed by atoms with Crippen molar-refractivity contribution in [3.8, 4) is 0 Å². The lowest BCUT2D eigenvalue weighted by molar-refractivity contribution is -0.697. The quantitative estimate of drug-likeness (QED) is 0.615. The summed E-state index contributed by atoms with van der Waals surface area (Å²) in [4.78, 5) is 0. The van der Waals surface area contributed by atoms with Crippen LogP contribution in [0.25, 0.3) is 0 Å². The lowest BCUT2D eigenvalue weighted by Gasteiger charge is -1.92. The third kappa shape index (κ3) is 11.0. The van der Waals surface area contributed by atoms with Crippen molar-refractivity contribution in [2.24, 2.45) is 0 Å². The van der Waals surface area contributed by atoms with E-state index in [0.29, 0.717) is 6.26 Å². The molecule has 0 saturated heterocycles. The molecule has 0 aliphatic heterocycles. The third-order valence-corrected chi connectivity index (χ3v) is 1.49. The number of rotatable bonds is 2. The molecule has 1 N–H and O–H groups in total. The van der Waals surface area contributed by atoms with E-state index in [2.05, 4.69) is 42.9 Å². The number of aromatic nitrogens is 1. The van der Waals surface area contributed by atoms with Gasteiger partial charge >= 0.3 is 0 Å². The topological polar surface area (TPSA) is 58.2 Å². The molecule has 0 unspecified atom stereocenters. The fourth-order valence-corrected chi connectivity index (χ4v) is 1.05. The van der Waals surface area contributed by atoms with Gasteiger partial charge in [0.15, 0.2) is 12.4 Å². The Morgan fingerprint density at radius 2 is 2.00 bits per heavy atom. The summed E-state index contributed by atoms with van der Waals surface area (Å²) in [6, 6.07) is 4.21. The van der Waals surface area contributed by atoms with E-state index in [1.165, 1.54) is 12.0 Å². The van der Waals surface area contributed by atoms with E-state index in [4.69, 9.17) is 4.55 Å². The van der Waals surface area contributed by atoms with Crippen LogP contribution in [0, 0.1) is 6.92 Å². The zero-order valence-corrected chi connectivity index (χ0v) is 10.2. The Balaban J connectivity index is 0.000000336. The van der Waals surface area contributed by atoms with Crippen molar-refractivity contribution in [3.05, 3.63) is 30.1 Å². The van der Waals surface area contributed by atoms with Gasteiger partial charge in [0.25, 0.3) is 10.1 Å². The van der Waals surface area contributed by atoms with Crippen molar-refractivity contribution >= 4 is 10.1 Å². The second kappa shape index (κ2) is 6.53. The summed E-state index contributed by atoms with van der Waals surface area (Å²) in [5.41, 5.74) is 1.33. The largest absolute Gasteiger partial charge is 0.286 e. The summed E-state index contributed by atoms with van der Waals surface area (Å²) in [5.74, 6) is 0. The molecule has 5 heteroatoms. The van der Waals surface area contributed by atoms with Crippen molar-refractivity contribution in [1.82, 2.24) is 0 Å². The van der Waals surface area contributed by atoms with Crippen LogP contribution in [0.5, 0.6) is 0 Å². The van der Waals surface area contributed by atoms with Gasteiger partial charge in [-0.25, -0.2) is 4.57 Å². The Hall–Kier alpha value is -0.940. The standard InChI is InChI=1S/C9H14N.CH4O3S/c1-3-6-10-7-4-5-9(2)8-10;1-5(2,3)4/h4-5,7-8H,3,6H2,1-2H3;1H3,(H,2,3,4)/q+1;. The average Bonchev–Trinajstić information content (AvgIpc) is 2.01. The second-order valence-corrected chi connectivity index (χ2v) is 4.82. The van der Waals surface area contributed by atoms with E-state index >= 15 is 0 Å². The highest BCUT2D eigenvalue weighted by molar-refractivity contribution is 7.85. The van der Waals surface area contributed by atoms with Crippen LogP contribution in [0.1, 0.15) is 18.9 Å². The van der Waals surface area contributed by atoms with E-state index in [1.54, 1.807) is 0 Å². The monoisotopic (exact) mass is 232 g/mol. The highest BCUT2D eigenvalue weighted by Crippen LogP contribution is 1.89. The third-order valence-electron chi connectivity index (χ3n) is 1.49. The zero-order chi connectivity index (χ0) is 11.9. The maximum atomic E-state index is 9.19. The van der Waals surface area contributed by atoms with Gasteiger partial charge in [0.05, 0.1) is 6.26 Å². The molecule has 1 aromatic heterocycles. The smallest absolute Gasteiger partial charge is 0.261 e. The van der Waals surface area contributed by atoms with Gasteiger partial charge in [-0.2, -0.15) is 8.42 Å². The lowest BCUT2D eigenvalue weighted by atomic mass is 10.3. The van der Waals surface area contributed by atoms with Crippen molar-refractivity contribution in [2.75, 3.05) is 6.26 Å². The lowest BCUT2D eigenvalue weighted by Crippen LogP contribution is -2.32. The summed E-state index contributed by atoms with van der Waals surface area (Å²) < 4.78 is 28.1. The van der Waals surface area contributed by atoms with Gasteiger partial charge in [-0.15, -0.1) is 0 Å². The molecule has 0 amide bonds. The maximum absolute atomic E-state index is 9.19. The highest BCUT2D eigenvalue weighted by Gasteiger charge is 1.95. The van der Waals surface area contributed by atoms with Crippen LogP contribution in [-0.2, 0) is 16.7 Å². The van der Waals surface area contributed by atoms with Crippen molar-refractivity contribution < 1.29 is 17.5 Å². The molecule has 0 aromatic carbocycles. The highest BCUT2D eigenvalue weighted by atomic mass is 32.2. The van der Waals surface area contributed by atoms with Gasteiger partial charge in [0.1, 0.15) is 6.54 Å². The minimum Gasteiger partial charge on any atom is -0.286 e. The molecule has 0 aliphatic carbocycles. The molecule has 4 nitrogen and oxygen atoms in total. The van der Waals surface area contributed by atoms with Gasteiger partial charge in [-0.1, -0.05) is 6.92 Å². The molecule has 0 bridgehead atoms. The Morgan fingerprint density at radius 1 is 1.47 bits per heavy atom. The van der Waals surface area contributed by atoms with Crippen molar-refractivity contribution in [3.63, 3.8) is 0 Å². The van der Waals surface area contributed by atoms with Gasteiger partial charge in [-0.3, -0.25) is 4.55 Å². The normalized spacial score (nSPS) is 10.4. The molecule has 0 radical (unpaired) electrons. The van der Waals surface area contributed by atoms with Gasteiger partial charge in [0.2, 0.25) is 0 Å². The number of aryl methyl sites for hydroxylation is 2. The van der Waals surface area contributed by atoms with E-state index in [-0.39, 0.29) is 0 Å². The molecule has 0 aliphatic rings. The minimum absolute atomic E-state index is 0.715. The summed E-state index contributed by atoms with van der Waals surface area (Å²) in [5, 5.41) is 0. The molecule has 86 valence electrons. The zero-order valence-electron chi connectivity index (χ0n) is 9.34. The first kappa shape index (κ1) is 14.1. The molecule has 15 heavy (non-hydrogen) atoms. The van der Waals surface area contributed by atoms with Crippen LogP contribution in [0.3, 0.4) is 0 Å². The van der Waals surface area contributed by atoms with Crippen LogP contribution >= 0.6 is 0 Å². The van der Waals surface area contributed by atoms with Crippen LogP contribution < -0.4 is 4.57 Å². The predicted molar refractivity (Wildman–Crippen MR) is 59.1 cm³/mol. The van der Waals surface area contributed by atoms with Crippen LogP contribution in [0.15, 0.2) is 24.5 Å². The van der Waals surface area contributed by atoms with Gasteiger partial charge in [0, 0.05) is 18.1 Å². The molecule has 1 heterocycles. The Morgan fingerprint density at radius 3 is 2.40 bits per heavy atom. The summed E-state index contributed by atoms with van der Waals surface area (Å²) in [6.07, 6.45) is 6.20. The van der Waals surface area contributed by atoms with E-state index in [0.717, 1.165) is 6.54 Å². The molecule has 1 aromatic rings. The summed E-state index contributed by atoms with van der Waals surface area (Å²) in [6.45, 7) is 5.43. The Kier molecular flexibility index (Phi) is 6.12. The van der Waals surface area contributed by atoms with Crippen LogP contribution in [0.2, 0.25) is 0 Å². The first-order chi connectivity index (χ1) is 6.83. The van der Waals surface area contributed by atoms with Crippen LogP contribution in [-0.4, -0.2) is 19.2 Å². The average molecular weight is 232 g/mol. The molecular weight excluding hydrogens is 214 g/mol. The number of nitrogens with zero attached hydrogens (tertiary/aromatic N) is 1. The predicted octanol–water partition coefficient (Wildman–Crippen LogP) is 1.20. The maximum Gasteiger partial charge on any atom is 0.261 e. The molecule has 0 spiro atoms. The molecular formula is C10H18NO3S+. The summed E-state index contributed by atoms with van der Waals surface area (Å²) in [7, 11) is -3.67. The number of hydrogen-bond acceptors (Lipinski definition) is 2. The first-order valence-electron chi connectivity index (χ1n) is 4.71. The molecule has 1 rings (SSSR count). The Bertz CT molecular complexity index is 379. The first-order valence-corrected chi connectivity index (χ1v) is 6.56. The SMILES string of the molecule is CCC[n+]1cccc(C)c1.CS(=O)(=O)O. The van der Waals surface area contributed by atoms with Gasteiger partial charge < -0.3 is 0 Å². The van der Waals surface area contributed by atoms with Crippen LogP contribution in [0.4, 0.5) is 0 Å². The van der Waals surface area contributed by atoms with Crippen molar-refractivity contribution in [2.45, 2.75) is 26.8 Å². The van der Waals surface area contributed by atoms with Crippen molar-refractivity contribution in [1.29, 1.82) is 0 Å². The second-order valence-electron chi connectivity index (χ2n) is 3.35.